The van der Waals surface area contributed by atoms with Gasteiger partial charge in [-0.05, 0) is 35.0 Å². The van der Waals surface area contributed by atoms with Gasteiger partial charge in [-0.25, -0.2) is 4.98 Å². The van der Waals surface area contributed by atoms with Crippen LogP contribution in [0.3, 0.4) is 0 Å². The van der Waals surface area contributed by atoms with Crippen molar-refractivity contribution in [3.05, 3.63) is 66.0 Å². The van der Waals surface area contributed by atoms with E-state index < -0.39 is 8.24 Å². The van der Waals surface area contributed by atoms with E-state index in [1.165, 1.54) is 0 Å². The summed E-state index contributed by atoms with van der Waals surface area (Å²) in [5, 5.41) is 1.05. The molecular weight excluding hydrogens is 348 g/mol. The molecule has 3 aromatic rings. The number of rotatable bonds is 6. The van der Waals surface area contributed by atoms with Crippen molar-refractivity contribution in [3.8, 4) is 0 Å². The number of carbonyl (C=O) groups is 1. The molecule has 0 amide bonds. The molecule has 3 nitrogen and oxygen atoms in total. The Morgan fingerprint density at radius 2 is 1.48 bits per heavy atom. The van der Waals surface area contributed by atoms with E-state index in [1.807, 2.05) is 36.4 Å². The highest BCUT2D eigenvalue weighted by atomic mass is 28.3. The molecule has 0 N–H and O–H groups in total. The van der Waals surface area contributed by atoms with Crippen LogP contribution in [0.4, 0.5) is 0 Å². The van der Waals surface area contributed by atoms with E-state index in [0.29, 0.717) is 27.8 Å². The van der Waals surface area contributed by atoms with Gasteiger partial charge in [0.25, 0.3) is 0 Å². The fourth-order valence-corrected chi connectivity index (χ4v) is 11.6. The third-order valence-electron chi connectivity index (χ3n) is 6.02. The summed E-state index contributed by atoms with van der Waals surface area (Å²) in [4.78, 5) is 17.6. The molecule has 0 saturated heterocycles. The van der Waals surface area contributed by atoms with Gasteiger partial charge in [0.2, 0.25) is 0 Å². The zero-order valence-corrected chi connectivity index (χ0v) is 18.2. The van der Waals surface area contributed by atoms with Gasteiger partial charge in [0, 0.05) is 22.7 Å². The van der Waals surface area contributed by atoms with E-state index in [4.69, 9.17) is 4.98 Å². The topological polar surface area (TPSA) is 34.9 Å². The number of benzene rings is 1. The number of nitrogens with zero attached hydrogens (tertiary/aromatic N) is 2. The number of hydrogen-bond acceptors (Lipinski definition) is 2. The molecule has 142 valence electrons. The average molecular weight is 379 g/mol. The number of pyridine rings is 1. The normalized spacial score (nSPS) is 12.5. The van der Waals surface area contributed by atoms with Crippen LogP contribution in [0.1, 0.15) is 57.5 Å². The van der Waals surface area contributed by atoms with E-state index >= 15 is 0 Å². The van der Waals surface area contributed by atoms with Gasteiger partial charge in [-0.1, -0.05) is 71.9 Å². The molecule has 0 aliphatic heterocycles. The minimum Gasteiger partial charge on any atom is -0.359 e. The minimum atomic E-state index is -1.86. The summed E-state index contributed by atoms with van der Waals surface area (Å²) in [6.45, 7) is 14.1. The van der Waals surface area contributed by atoms with Gasteiger partial charge in [0.05, 0.1) is 0 Å². The van der Waals surface area contributed by atoms with Crippen LogP contribution in [0.5, 0.6) is 0 Å². The lowest BCUT2D eigenvalue weighted by Gasteiger charge is -2.44. The molecule has 0 unspecified atom stereocenters. The molecule has 0 radical (unpaired) electrons. The first-order chi connectivity index (χ1) is 12.8. The molecule has 0 saturated carbocycles. The molecule has 4 heteroatoms. The Morgan fingerprint density at radius 1 is 0.889 bits per heavy atom. The second-order valence-corrected chi connectivity index (χ2v) is 14.1. The van der Waals surface area contributed by atoms with Gasteiger partial charge < -0.3 is 4.23 Å². The van der Waals surface area contributed by atoms with Crippen LogP contribution in [-0.4, -0.2) is 23.2 Å². The summed E-state index contributed by atoms with van der Waals surface area (Å²) in [7, 11) is -1.86. The molecule has 2 heterocycles. The van der Waals surface area contributed by atoms with Crippen molar-refractivity contribution in [1.29, 1.82) is 0 Å². The summed E-state index contributed by atoms with van der Waals surface area (Å²) in [5.41, 5.74) is 4.16. The van der Waals surface area contributed by atoms with E-state index in [2.05, 4.69) is 58.0 Å². The van der Waals surface area contributed by atoms with Crippen LogP contribution in [-0.2, 0) is 0 Å². The molecule has 1 aromatic carbocycles. The summed E-state index contributed by atoms with van der Waals surface area (Å²) < 4.78 is 2.49. The molecule has 2 aromatic heterocycles. The highest BCUT2D eigenvalue weighted by Gasteiger charge is 2.45. The molecule has 27 heavy (non-hydrogen) atoms. The number of aromatic nitrogens is 2. The van der Waals surface area contributed by atoms with E-state index in [1.54, 1.807) is 6.20 Å². The summed E-state index contributed by atoms with van der Waals surface area (Å²) >= 11 is 0. The van der Waals surface area contributed by atoms with Crippen molar-refractivity contribution in [2.75, 3.05) is 0 Å². The predicted octanol–water partition coefficient (Wildman–Crippen LogP) is 6.29. The maximum Gasteiger partial charge on any atom is 0.194 e. The van der Waals surface area contributed by atoms with E-state index in [0.717, 1.165) is 11.0 Å². The van der Waals surface area contributed by atoms with Gasteiger partial charge in [0.1, 0.15) is 5.65 Å². The molecule has 3 rings (SSSR count). The first kappa shape index (κ1) is 19.6. The number of fused-ring (bicyclic) bond motifs is 1. The highest BCUT2D eigenvalue weighted by molar-refractivity contribution is 6.82. The number of ketones is 1. The van der Waals surface area contributed by atoms with Gasteiger partial charge in [-0.15, -0.1) is 0 Å². The lowest BCUT2D eigenvalue weighted by Crippen LogP contribution is -2.51. The smallest absolute Gasteiger partial charge is 0.194 e. The second-order valence-electron chi connectivity index (χ2n) is 8.37. The maximum absolute atomic E-state index is 12.8. The Kier molecular flexibility index (Phi) is 5.38. The van der Waals surface area contributed by atoms with Crippen LogP contribution in [0, 0.1) is 0 Å². The van der Waals surface area contributed by atoms with Crippen molar-refractivity contribution in [2.45, 2.75) is 58.2 Å². The SMILES string of the molecule is CC(C)[Si](C(C)C)(C(C)C)n1ccc2cc(C(=O)c3ccccc3)cnc21. The highest BCUT2D eigenvalue weighted by Crippen LogP contribution is 2.43. The van der Waals surface area contributed by atoms with Crippen molar-refractivity contribution in [1.82, 2.24) is 9.22 Å². The Hall–Kier alpha value is -2.20. The lowest BCUT2D eigenvalue weighted by molar-refractivity contribution is 0.103. The second kappa shape index (κ2) is 7.43. The Morgan fingerprint density at radius 3 is 2.04 bits per heavy atom. The van der Waals surface area contributed by atoms with Gasteiger partial charge in [-0.2, -0.15) is 0 Å². The monoisotopic (exact) mass is 378 g/mol. The van der Waals surface area contributed by atoms with E-state index in [9.17, 15) is 4.79 Å². The van der Waals surface area contributed by atoms with Crippen LogP contribution in [0.2, 0.25) is 16.6 Å². The molecular formula is C23H30N2OSi. The van der Waals surface area contributed by atoms with Crippen LogP contribution < -0.4 is 0 Å². The molecule has 0 atom stereocenters. The molecule has 0 bridgehead atoms. The first-order valence-corrected chi connectivity index (χ1v) is 12.0. The molecule has 0 fully saturated rings. The number of hydrogen-bond donors (Lipinski definition) is 0. The largest absolute Gasteiger partial charge is 0.359 e. The maximum atomic E-state index is 12.8. The Bertz CT molecular complexity index is 920. The summed E-state index contributed by atoms with van der Waals surface area (Å²) in [6.07, 6.45) is 3.95. The van der Waals surface area contributed by atoms with Gasteiger partial charge >= 0.3 is 0 Å². The fourth-order valence-electron chi connectivity index (χ4n) is 5.05. The third kappa shape index (κ3) is 3.16. The lowest BCUT2D eigenvalue weighted by atomic mass is 10.0. The fraction of sp³-hybridized carbons (Fsp3) is 0.391. The number of carbonyl (C=O) groups excluding carboxylic acids is 1. The predicted molar refractivity (Wildman–Crippen MR) is 116 cm³/mol. The first-order valence-electron chi connectivity index (χ1n) is 9.87. The van der Waals surface area contributed by atoms with E-state index in [-0.39, 0.29) is 5.78 Å². The molecule has 0 aliphatic rings. The van der Waals surface area contributed by atoms with Crippen LogP contribution in [0.15, 0.2) is 54.9 Å². The van der Waals surface area contributed by atoms with Crippen LogP contribution in [0.25, 0.3) is 11.0 Å². The zero-order chi connectivity index (χ0) is 19.8. The zero-order valence-electron chi connectivity index (χ0n) is 17.2. The summed E-state index contributed by atoms with van der Waals surface area (Å²) in [6, 6.07) is 13.5. The van der Waals surface area contributed by atoms with Crippen molar-refractivity contribution >= 4 is 25.1 Å². The Balaban J connectivity index is 2.12. The van der Waals surface area contributed by atoms with Crippen molar-refractivity contribution < 1.29 is 4.79 Å². The summed E-state index contributed by atoms with van der Waals surface area (Å²) in [5.74, 6) is 0.0258. The Labute approximate surface area is 163 Å². The van der Waals surface area contributed by atoms with Gasteiger partial charge in [-0.3, -0.25) is 4.79 Å². The minimum absolute atomic E-state index is 0.0258. The van der Waals surface area contributed by atoms with Crippen LogP contribution >= 0.6 is 0 Å². The van der Waals surface area contributed by atoms with Crippen molar-refractivity contribution in [2.24, 2.45) is 0 Å². The molecule has 0 spiro atoms. The van der Waals surface area contributed by atoms with Gasteiger partial charge in [0.15, 0.2) is 14.0 Å². The van der Waals surface area contributed by atoms with Crippen molar-refractivity contribution in [3.63, 3.8) is 0 Å². The average Bonchev–Trinajstić information content (AvgIpc) is 3.05. The molecule has 0 aliphatic carbocycles. The third-order valence-corrected chi connectivity index (χ3v) is 12.8. The quantitative estimate of drug-likeness (QED) is 0.373. The standard InChI is InChI=1S/C23H30N2OSi/c1-16(2)27(17(3)4,18(5)6)25-13-12-20-14-21(15-24-23(20)25)22(26)19-10-8-7-9-11-19/h7-18H,1-6H3.